The summed E-state index contributed by atoms with van der Waals surface area (Å²) in [5.41, 5.74) is 1.51. The van der Waals surface area contributed by atoms with Crippen LogP contribution in [0.1, 0.15) is 38.8 Å². The van der Waals surface area contributed by atoms with Crippen LogP contribution in [0.15, 0.2) is 66.7 Å². The zero-order valence-electron chi connectivity index (χ0n) is 22.6. The van der Waals surface area contributed by atoms with E-state index in [1.165, 1.54) is 48.1 Å². The van der Waals surface area contributed by atoms with Crippen molar-refractivity contribution in [1.82, 2.24) is 20.3 Å². The fourth-order valence-electron chi connectivity index (χ4n) is 4.21. The Labute approximate surface area is 226 Å². The number of carbonyl (C=O) groups excluding carboxylic acids is 2. The standard InChI is InChI=1S/C29H32FN5O4/c1-6-29(2,3)31-28(37)27(22-16-15-21(38-4)17-25(22)39-5)35(20-13-11-19(30)12-14-20)26(36)18-34-24-10-8-7-9-23(24)32-33-34/h7-17,27H,6,18H2,1-5H3,(H,31,37)/t27-/m1/s1. The Hall–Kier alpha value is -4.47. The van der Waals surface area contributed by atoms with E-state index in [9.17, 15) is 14.0 Å². The van der Waals surface area contributed by atoms with Crippen LogP contribution in [-0.2, 0) is 16.1 Å². The summed E-state index contributed by atoms with van der Waals surface area (Å²) in [5.74, 6) is -0.466. The maximum absolute atomic E-state index is 14.1. The molecule has 1 atom stereocenters. The fourth-order valence-corrected chi connectivity index (χ4v) is 4.21. The number of para-hydroxylation sites is 1. The lowest BCUT2D eigenvalue weighted by atomic mass is 9.97. The van der Waals surface area contributed by atoms with Crippen molar-refractivity contribution < 1.29 is 23.5 Å². The Kier molecular flexibility index (Phi) is 8.13. The molecule has 0 fully saturated rings. The minimum atomic E-state index is -1.16. The summed E-state index contributed by atoms with van der Waals surface area (Å²) in [5, 5.41) is 11.3. The molecule has 0 saturated heterocycles. The lowest BCUT2D eigenvalue weighted by Crippen LogP contribution is -2.51. The third kappa shape index (κ3) is 6.00. The molecule has 4 aromatic rings. The van der Waals surface area contributed by atoms with Crippen LogP contribution in [0.25, 0.3) is 11.0 Å². The molecule has 9 nitrogen and oxygen atoms in total. The van der Waals surface area contributed by atoms with Gasteiger partial charge in [-0.05, 0) is 68.8 Å². The van der Waals surface area contributed by atoms with Gasteiger partial charge in [-0.1, -0.05) is 24.3 Å². The van der Waals surface area contributed by atoms with Gasteiger partial charge in [-0.3, -0.25) is 14.5 Å². The monoisotopic (exact) mass is 533 g/mol. The number of carbonyl (C=O) groups is 2. The number of methoxy groups -OCH3 is 2. The van der Waals surface area contributed by atoms with Crippen molar-refractivity contribution in [1.29, 1.82) is 0 Å². The molecule has 1 heterocycles. The number of rotatable bonds is 10. The van der Waals surface area contributed by atoms with E-state index in [0.717, 1.165) is 0 Å². The highest BCUT2D eigenvalue weighted by molar-refractivity contribution is 6.02. The number of benzene rings is 3. The summed E-state index contributed by atoms with van der Waals surface area (Å²) in [6.45, 7) is 5.55. The van der Waals surface area contributed by atoms with Crippen LogP contribution in [0.5, 0.6) is 11.5 Å². The second-order valence-corrected chi connectivity index (χ2v) is 9.71. The second kappa shape index (κ2) is 11.5. The minimum Gasteiger partial charge on any atom is -0.497 e. The molecule has 10 heteroatoms. The lowest BCUT2D eigenvalue weighted by molar-refractivity contribution is -0.128. The molecule has 0 aliphatic rings. The molecule has 0 spiro atoms. The van der Waals surface area contributed by atoms with E-state index in [-0.39, 0.29) is 6.54 Å². The Balaban J connectivity index is 1.87. The maximum Gasteiger partial charge on any atom is 0.249 e. The zero-order valence-corrected chi connectivity index (χ0v) is 22.6. The SMILES string of the molecule is CCC(C)(C)NC(=O)[C@@H](c1ccc(OC)cc1OC)N(C(=O)Cn1nnc2ccccc21)c1ccc(F)cc1. The molecule has 2 amide bonds. The molecular weight excluding hydrogens is 501 g/mol. The Morgan fingerprint density at radius 1 is 1.05 bits per heavy atom. The van der Waals surface area contributed by atoms with E-state index in [2.05, 4.69) is 15.6 Å². The molecule has 1 N–H and O–H groups in total. The smallest absolute Gasteiger partial charge is 0.249 e. The van der Waals surface area contributed by atoms with Crippen LogP contribution < -0.4 is 19.7 Å². The van der Waals surface area contributed by atoms with E-state index in [1.54, 1.807) is 24.3 Å². The third-order valence-corrected chi connectivity index (χ3v) is 6.67. The molecule has 0 aliphatic heterocycles. The molecule has 1 aromatic heterocycles. The van der Waals surface area contributed by atoms with Crippen LogP contribution in [-0.4, -0.2) is 46.6 Å². The van der Waals surface area contributed by atoms with Crippen molar-refractivity contribution >= 4 is 28.5 Å². The summed E-state index contributed by atoms with van der Waals surface area (Å²) in [6.07, 6.45) is 0.653. The van der Waals surface area contributed by atoms with Crippen molar-refractivity contribution in [2.75, 3.05) is 19.1 Å². The summed E-state index contributed by atoms with van der Waals surface area (Å²) >= 11 is 0. The summed E-state index contributed by atoms with van der Waals surface area (Å²) < 4.78 is 26.4. The first-order valence-electron chi connectivity index (χ1n) is 12.6. The summed E-state index contributed by atoms with van der Waals surface area (Å²) in [4.78, 5) is 29.5. The number of halogens is 1. The molecule has 0 radical (unpaired) electrons. The van der Waals surface area contributed by atoms with Gasteiger partial charge < -0.3 is 14.8 Å². The fraction of sp³-hybridized carbons (Fsp3) is 0.310. The number of aromatic nitrogens is 3. The van der Waals surface area contributed by atoms with Crippen LogP contribution in [0.4, 0.5) is 10.1 Å². The first kappa shape index (κ1) is 27.6. The number of hydrogen-bond donors (Lipinski definition) is 1. The van der Waals surface area contributed by atoms with E-state index in [1.807, 2.05) is 39.0 Å². The van der Waals surface area contributed by atoms with Gasteiger partial charge in [0, 0.05) is 22.9 Å². The van der Waals surface area contributed by atoms with Gasteiger partial charge in [-0.2, -0.15) is 0 Å². The average molecular weight is 534 g/mol. The first-order valence-corrected chi connectivity index (χ1v) is 12.6. The molecule has 0 unspecified atom stereocenters. The highest BCUT2D eigenvalue weighted by atomic mass is 19.1. The highest BCUT2D eigenvalue weighted by Gasteiger charge is 2.37. The molecule has 39 heavy (non-hydrogen) atoms. The van der Waals surface area contributed by atoms with Gasteiger partial charge in [0.25, 0.3) is 0 Å². The number of fused-ring (bicyclic) bond motifs is 1. The first-order chi connectivity index (χ1) is 18.7. The molecular formula is C29H32FN5O4. The zero-order chi connectivity index (χ0) is 28.2. The number of amides is 2. The molecule has 204 valence electrons. The van der Waals surface area contributed by atoms with Crippen LogP contribution in [0, 0.1) is 5.82 Å². The van der Waals surface area contributed by atoms with Gasteiger partial charge in [0.1, 0.15) is 35.4 Å². The van der Waals surface area contributed by atoms with E-state index in [0.29, 0.717) is 40.2 Å². The molecule has 0 bridgehead atoms. The van der Waals surface area contributed by atoms with Crippen molar-refractivity contribution in [3.63, 3.8) is 0 Å². The van der Waals surface area contributed by atoms with Gasteiger partial charge in [-0.25, -0.2) is 9.07 Å². The number of nitrogens with one attached hydrogen (secondary N) is 1. The van der Waals surface area contributed by atoms with Gasteiger partial charge >= 0.3 is 0 Å². The van der Waals surface area contributed by atoms with Crippen LogP contribution in [0.2, 0.25) is 0 Å². The number of nitrogens with zero attached hydrogens (tertiary/aromatic N) is 4. The molecule has 3 aromatic carbocycles. The van der Waals surface area contributed by atoms with Gasteiger partial charge in [0.05, 0.1) is 19.7 Å². The maximum atomic E-state index is 14.1. The predicted octanol–water partition coefficient (Wildman–Crippen LogP) is 4.67. The minimum absolute atomic E-state index is 0.211. The lowest BCUT2D eigenvalue weighted by Gasteiger charge is -2.35. The quantitative estimate of drug-likeness (QED) is 0.318. The Morgan fingerprint density at radius 2 is 1.77 bits per heavy atom. The van der Waals surface area contributed by atoms with E-state index < -0.39 is 29.2 Å². The van der Waals surface area contributed by atoms with Crippen molar-refractivity contribution in [3.8, 4) is 11.5 Å². The van der Waals surface area contributed by atoms with Gasteiger partial charge in [0.15, 0.2) is 0 Å². The van der Waals surface area contributed by atoms with Crippen LogP contribution in [0.3, 0.4) is 0 Å². The normalized spacial score (nSPS) is 12.2. The topological polar surface area (TPSA) is 98.6 Å². The third-order valence-electron chi connectivity index (χ3n) is 6.67. The van der Waals surface area contributed by atoms with E-state index in [4.69, 9.17) is 9.47 Å². The predicted molar refractivity (Wildman–Crippen MR) is 146 cm³/mol. The summed E-state index contributed by atoms with van der Waals surface area (Å²) in [6, 6.07) is 16.6. The van der Waals surface area contributed by atoms with Gasteiger partial charge in [-0.15, -0.1) is 5.10 Å². The second-order valence-electron chi connectivity index (χ2n) is 9.71. The summed E-state index contributed by atoms with van der Waals surface area (Å²) in [7, 11) is 3.01. The van der Waals surface area contributed by atoms with E-state index >= 15 is 0 Å². The molecule has 0 saturated carbocycles. The number of ether oxygens (including phenoxy) is 2. The number of hydrogen-bond acceptors (Lipinski definition) is 6. The average Bonchev–Trinajstić information content (AvgIpc) is 3.34. The Morgan fingerprint density at radius 3 is 2.44 bits per heavy atom. The largest absolute Gasteiger partial charge is 0.497 e. The molecule has 4 rings (SSSR count). The van der Waals surface area contributed by atoms with Gasteiger partial charge in [0.2, 0.25) is 11.8 Å². The van der Waals surface area contributed by atoms with Crippen molar-refractivity contribution in [2.45, 2.75) is 45.3 Å². The van der Waals surface area contributed by atoms with Crippen molar-refractivity contribution in [2.24, 2.45) is 0 Å². The Bertz CT molecular complexity index is 1470. The molecule has 0 aliphatic carbocycles. The highest BCUT2D eigenvalue weighted by Crippen LogP contribution is 2.36. The van der Waals surface area contributed by atoms with Crippen LogP contribution >= 0.6 is 0 Å². The van der Waals surface area contributed by atoms with Crippen molar-refractivity contribution in [3.05, 3.63) is 78.1 Å². The number of anilines is 1.